The molecular weight excluding hydrogens is 180 g/mol. The number of esters is 2. The van der Waals surface area contributed by atoms with Crippen LogP contribution in [0.5, 0.6) is 0 Å². The first-order valence-electron chi connectivity index (χ1n) is 3.67. The van der Waals surface area contributed by atoms with E-state index in [0.717, 1.165) is 0 Å². The number of carbonyl (C=O) groups excluding carboxylic acids is 2. The molecule has 0 fully saturated rings. The van der Waals surface area contributed by atoms with Crippen LogP contribution < -0.4 is 0 Å². The minimum Gasteiger partial charge on any atom is -0.460 e. The summed E-state index contributed by atoms with van der Waals surface area (Å²) in [7, 11) is 0. The van der Waals surface area contributed by atoms with Crippen LogP contribution in [0.4, 0.5) is 0 Å². The largest absolute Gasteiger partial charge is 0.460 e. The highest BCUT2D eigenvalue weighted by Gasteiger charge is 2.10. The van der Waals surface area contributed by atoms with Gasteiger partial charge in [0.25, 0.3) is 0 Å². The molecule has 6 heteroatoms. The molecule has 0 radical (unpaired) electrons. The number of aliphatic hydroxyl groups is 2. The lowest BCUT2D eigenvalue weighted by Gasteiger charge is -2.11. The second kappa shape index (κ2) is 6.38. The Balaban J connectivity index is 3.56. The van der Waals surface area contributed by atoms with Gasteiger partial charge in [0, 0.05) is 0 Å². The highest BCUT2D eigenvalue weighted by Crippen LogP contribution is 1.92. The molecule has 2 N–H and O–H groups in total. The van der Waals surface area contributed by atoms with Crippen LogP contribution in [0.25, 0.3) is 0 Å². The van der Waals surface area contributed by atoms with E-state index in [2.05, 4.69) is 9.47 Å². The fourth-order valence-corrected chi connectivity index (χ4v) is 0.552. The quantitative estimate of drug-likeness (QED) is 0.512. The lowest BCUT2D eigenvalue weighted by atomic mass is 10.4. The smallest absolute Gasteiger partial charge is 0.332 e. The summed E-state index contributed by atoms with van der Waals surface area (Å²) in [5, 5.41) is 16.5. The average Bonchev–Trinajstić information content (AvgIpc) is 2.13. The molecule has 0 aliphatic carbocycles. The molecule has 0 saturated carbocycles. The predicted octanol–water partition coefficient (Wildman–Crippen LogP) is -1.55. The van der Waals surface area contributed by atoms with Gasteiger partial charge in [0.05, 0.1) is 0 Å². The predicted molar refractivity (Wildman–Crippen MR) is 40.7 cm³/mol. The van der Waals surface area contributed by atoms with Gasteiger partial charge in [0.1, 0.15) is 25.9 Å². The zero-order valence-corrected chi connectivity index (χ0v) is 7.23. The summed E-state index contributed by atoms with van der Waals surface area (Å²) >= 11 is 0. The Bertz CT molecular complexity index is 178. The molecule has 0 heterocycles. The van der Waals surface area contributed by atoms with Crippen LogP contribution in [-0.2, 0) is 19.1 Å². The zero-order valence-electron chi connectivity index (χ0n) is 7.23. The van der Waals surface area contributed by atoms with Crippen molar-refractivity contribution in [3.05, 3.63) is 0 Å². The van der Waals surface area contributed by atoms with Crippen LogP contribution in [0.15, 0.2) is 0 Å². The molecule has 1 atom stereocenters. The van der Waals surface area contributed by atoms with Crippen molar-refractivity contribution in [1.29, 1.82) is 0 Å². The maximum Gasteiger partial charge on any atom is 0.332 e. The minimum atomic E-state index is -0.785. The van der Waals surface area contributed by atoms with Crippen molar-refractivity contribution in [3.63, 3.8) is 0 Å². The summed E-state index contributed by atoms with van der Waals surface area (Å²) in [5.41, 5.74) is 0. The molecule has 0 aliphatic rings. The van der Waals surface area contributed by atoms with E-state index in [1.54, 1.807) is 0 Å². The van der Waals surface area contributed by atoms with Crippen LogP contribution in [0.3, 0.4) is 0 Å². The number of aliphatic hydroxyl groups excluding tert-OH is 2. The number of hydrogen-bond donors (Lipinski definition) is 2. The molecule has 0 rings (SSSR count). The van der Waals surface area contributed by atoms with Gasteiger partial charge in [-0.3, -0.25) is 0 Å². The van der Waals surface area contributed by atoms with Crippen LogP contribution in [-0.4, -0.2) is 48.1 Å². The topological polar surface area (TPSA) is 93.1 Å². The molecule has 0 aliphatic heterocycles. The van der Waals surface area contributed by atoms with E-state index in [-0.39, 0.29) is 6.61 Å². The Morgan fingerprint density at radius 3 is 2.23 bits per heavy atom. The Morgan fingerprint density at radius 2 is 1.77 bits per heavy atom. The Hall–Kier alpha value is -1.14. The molecule has 1 unspecified atom stereocenters. The van der Waals surface area contributed by atoms with Crippen LogP contribution in [0.1, 0.15) is 6.92 Å². The van der Waals surface area contributed by atoms with E-state index in [9.17, 15) is 9.59 Å². The molecular formula is C7H12O6. The first kappa shape index (κ1) is 11.9. The summed E-state index contributed by atoms with van der Waals surface area (Å²) in [4.78, 5) is 20.9. The van der Waals surface area contributed by atoms with Gasteiger partial charge in [0.15, 0.2) is 0 Å². The maximum absolute atomic E-state index is 10.5. The van der Waals surface area contributed by atoms with Crippen LogP contribution in [0, 0.1) is 0 Å². The van der Waals surface area contributed by atoms with E-state index in [0.29, 0.717) is 0 Å². The molecule has 0 amide bonds. The third kappa shape index (κ3) is 6.06. The molecule has 0 saturated heterocycles. The van der Waals surface area contributed by atoms with Gasteiger partial charge in [-0.1, -0.05) is 0 Å². The highest BCUT2D eigenvalue weighted by atomic mass is 16.6. The molecule has 13 heavy (non-hydrogen) atoms. The molecule has 0 bridgehead atoms. The summed E-state index contributed by atoms with van der Waals surface area (Å²) in [6.07, 6.45) is -0.629. The summed E-state index contributed by atoms with van der Waals surface area (Å²) in [6, 6.07) is 0. The van der Waals surface area contributed by atoms with Gasteiger partial charge in [0.2, 0.25) is 0 Å². The summed E-state index contributed by atoms with van der Waals surface area (Å²) < 4.78 is 9.00. The second-order valence-electron chi connectivity index (χ2n) is 2.30. The van der Waals surface area contributed by atoms with Gasteiger partial charge in [-0.25, -0.2) is 9.59 Å². The molecule has 0 spiro atoms. The second-order valence-corrected chi connectivity index (χ2v) is 2.30. The molecule has 0 aromatic heterocycles. The van der Waals surface area contributed by atoms with E-state index in [1.165, 1.54) is 6.92 Å². The van der Waals surface area contributed by atoms with Crippen molar-refractivity contribution in [2.45, 2.75) is 13.0 Å². The van der Waals surface area contributed by atoms with Crippen LogP contribution >= 0.6 is 0 Å². The maximum atomic E-state index is 10.5. The fraction of sp³-hybridized carbons (Fsp3) is 0.714. The SMILES string of the molecule is CC(COC(=O)CO)OC(=O)CO. The van der Waals surface area contributed by atoms with E-state index < -0.39 is 31.3 Å². The standard InChI is InChI=1S/C7H12O6/c1-5(13-7(11)3-9)4-12-6(10)2-8/h5,8-9H,2-4H2,1H3. The molecule has 0 aromatic carbocycles. The normalized spacial score (nSPS) is 11.9. The van der Waals surface area contributed by atoms with Crippen molar-refractivity contribution in [2.75, 3.05) is 19.8 Å². The number of hydrogen-bond acceptors (Lipinski definition) is 6. The zero-order chi connectivity index (χ0) is 10.3. The highest BCUT2D eigenvalue weighted by molar-refractivity contribution is 5.71. The van der Waals surface area contributed by atoms with Crippen molar-refractivity contribution in [2.24, 2.45) is 0 Å². The van der Waals surface area contributed by atoms with Crippen molar-refractivity contribution < 1.29 is 29.3 Å². The van der Waals surface area contributed by atoms with Gasteiger partial charge in [-0.2, -0.15) is 0 Å². The monoisotopic (exact) mass is 192 g/mol. The molecule has 0 aromatic rings. The third-order valence-electron chi connectivity index (χ3n) is 1.07. The Kier molecular flexibility index (Phi) is 5.82. The molecule has 76 valence electrons. The van der Waals surface area contributed by atoms with E-state index >= 15 is 0 Å². The van der Waals surface area contributed by atoms with Crippen molar-refractivity contribution in [3.8, 4) is 0 Å². The van der Waals surface area contributed by atoms with E-state index in [4.69, 9.17) is 10.2 Å². The Labute approximate surface area is 75.1 Å². The van der Waals surface area contributed by atoms with Gasteiger partial charge in [-0.15, -0.1) is 0 Å². The van der Waals surface area contributed by atoms with Crippen molar-refractivity contribution in [1.82, 2.24) is 0 Å². The first-order chi connectivity index (χ1) is 6.10. The minimum absolute atomic E-state index is 0.134. The summed E-state index contributed by atoms with van der Waals surface area (Å²) in [5.74, 6) is -1.57. The number of ether oxygens (including phenoxy) is 2. The summed E-state index contributed by atoms with van der Waals surface area (Å²) in [6.45, 7) is -0.0533. The first-order valence-corrected chi connectivity index (χ1v) is 3.67. The van der Waals surface area contributed by atoms with Gasteiger partial charge < -0.3 is 19.7 Å². The fourth-order valence-electron chi connectivity index (χ4n) is 0.552. The third-order valence-corrected chi connectivity index (χ3v) is 1.07. The molecule has 6 nitrogen and oxygen atoms in total. The van der Waals surface area contributed by atoms with Gasteiger partial charge in [-0.05, 0) is 6.92 Å². The lowest BCUT2D eigenvalue weighted by molar-refractivity contribution is -0.161. The number of carbonyl (C=O) groups is 2. The van der Waals surface area contributed by atoms with E-state index in [1.807, 2.05) is 0 Å². The van der Waals surface area contributed by atoms with Gasteiger partial charge >= 0.3 is 11.9 Å². The Morgan fingerprint density at radius 1 is 1.23 bits per heavy atom. The number of rotatable bonds is 5. The average molecular weight is 192 g/mol. The van der Waals surface area contributed by atoms with Crippen molar-refractivity contribution >= 4 is 11.9 Å². The van der Waals surface area contributed by atoms with Crippen LogP contribution in [0.2, 0.25) is 0 Å². The lowest BCUT2D eigenvalue weighted by Crippen LogP contribution is -2.24.